The molecular formula is C26H30N2O5S. The number of amides is 2. The van der Waals surface area contributed by atoms with E-state index in [2.05, 4.69) is 22.8 Å². The average molecular weight is 483 g/mol. The Morgan fingerprint density at radius 1 is 1.00 bits per heavy atom. The molecule has 2 aliphatic rings. The summed E-state index contributed by atoms with van der Waals surface area (Å²) in [7, 11) is 0. The lowest BCUT2D eigenvalue weighted by atomic mass is 9.98. The third-order valence-electron chi connectivity index (χ3n) is 6.44. The normalized spacial score (nSPS) is 16.1. The molecule has 4 rings (SSSR count). The Bertz CT molecular complexity index is 1010. The largest absolute Gasteiger partial charge is 0.480 e. The second kappa shape index (κ2) is 11.0. The Hall–Kier alpha value is -3.00. The molecule has 8 heteroatoms. The second-order valence-electron chi connectivity index (χ2n) is 8.88. The highest BCUT2D eigenvalue weighted by Gasteiger charge is 2.34. The minimum atomic E-state index is -1.08. The van der Waals surface area contributed by atoms with Crippen molar-refractivity contribution in [3.63, 3.8) is 0 Å². The van der Waals surface area contributed by atoms with Crippen LogP contribution in [0.4, 0.5) is 4.79 Å². The van der Waals surface area contributed by atoms with Crippen LogP contribution in [-0.2, 0) is 14.3 Å². The van der Waals surface area contributed by atoms with E-state index >= 15 is 0 Å². The van der Waals surface area contributed by atoms with Crippen molar-refractivity contribution in [1.29, 1.82) is 0 Å². The molecule has 1 fully saturated rings. The summed E-state index contributed by atoms with van der Waals surface area (Å²) in [5, 5.41) is 14.7. The smallest absolute Gasteiger partial charge is 0.407 e. The molecule has 2 aromatic carbocycles. The van der Waals surface area contributed by atoms with Gasteiger partial charge in [-0.15, -0.1) is 0 Å². The predicted molar refractivity (Wildman–Crippen MR) is 132 cm³/mol. The number of aliphatic carboxylic acids is 1. The molecule has 0 radical (unpaired) electrons. The molecule has 1 saturated carbocycles. The first-order chi connectivity index (χ1) is 16.5. The maximum atomic E-state index is 12.9. The number of nitrogens with one attached hydrogen (secondary N) is 2. The summed E-state index contributed by atoms with van der Waals surface area (Å²) in [4.78, 5) is 37.1. The van der Waals surface area contributed by atoms with E-state index in [4.69, 9.17) is 4.74 Å². The standard InChI is InChI=1S/C26H30N2O5S/c1-34-13-12-22(25(30)31)27-24(29)23(14-16-10-11-16)28-26(32)33-15-21-19-8-4-2-6-17(19)18-7-3-5-9-20(18)21/h2-9,16,21-23H,10-15H2,1H3,(H,27,29)(H,28,32)(H,30,31)/t22-,23+/m1/s1. The first kappa shape index (κ1) is 24.1. The topological polar surface area (TPSA) is 105 Å². The molecule has 3 N–H and O–H groups in total. The summed E-state index contributed by atoms with van der Waals surface area (Å²) in [5.41, 5.74) is 4.51. The molecule has 7 nitrogen and oxygen atoms in total. The summed E-state index contributed by atoms with van der Waals surface area (Å²) in [6.07, 6.45) is 4.03. The number of thioether (sulfide) groups is 1. The zero-order valence-corrected chi connectivity index (χ0v) is 20.0. The highest BCUT2D eigenvalue weighted by Crippen LogP contribution is 2.44. The van der Waals surface area contributed by atoms with Crippen molar-refractivity contribution in [2.24, 2.45) is 5.92 Å². The van der Waals surface area contributed by atoms with Crippen LogP contribution in [-0.4, -0.2) is 53.8 Å². The summed E-state index contributed by atoms with van der Waals surface area (Å²) in [6.45, 7) is 0.156. The molecule has 0 heterocycles. The number of carbonyl (C=O) groups excluding carboxylic acids is 2. The van der Waals surface area contributed by atoms with Gasteiger partial charge in [0.25, 0.3) is 0 Å². The second-order valence-corrected chi connectivity index (χ2v) is 9.87. The van der Waals surface area contributed by atoms with Gasteiger partial charge < -0.3 is 20.5 Å². The number of carboxylic acid groups (broad SMARTS) is 1. The van der Waals surface area contributed by atoms with Gasteiger partial charge in [0.2, 0.25) is 5.91 Å². The lowest BCUT2D eigenvalue weighted by Gasteiger charge is -2.22. The van der Waals surface area contributed by atoms with Crippen molar-refractivity contribution in [3.05, 3.63) is 59.7 Å². The Morgan fingerprint density at radius 2 is 1.62 bits per heavy atom. The molecule has 0 saturated heterocycles. The zero-order valence-electron chi connectivity index (χ0n) is 19.2. The van der Waals surface area contributed by atoms with Gasteiger partial charge in [-0.25, -0.2) is 9.59 Å². The Morgan fingerprint density at radius 3 is 2.18 bits per heavy atom. The summed E-state index contributed by atoms with van der Waals surface area (Å²) in [5.74, 6) is -0.650. The lowest BCUT2D eigenvalue weighted by molar-refractivity contribution is -0.142. The minimum Gasteiger partial charge on any atom is -0.480 e. The molecule has 34 heavy (non-hydrogen) atoms. The fourth-order valence-corrected chi connectivity index (χ4v) is 4.94. The number of fused-ring (bicyclic) bond motifs is 3. The number of carboxylic acids is 1. The monoisotopic (exact) mass is 482 g/mol. The quantitative estimate of drug-likeness (QED) is 0.447. The van der Waals surface area contributed by atoms with Gasteiger partial charge in [-0.1, -0.05) is 61.4 Å². The lowest BCUT2D eigenvalue weighted by Crippen LogP contribution is -2.52. The van der Waals surface area contributed by atoms with Crippen molar-refractivity contribution < 1.29 is 24.2 Å². The fourth-order valence-electron chi connectivity index (χ4n) is 4.47. The van der Waals surface area contributed by atoms with Gasteiger partial charge in [0.1, 0.15) is 18.7 Å². The van der Waals surface area contributed by atoms with Crippen LogP contribution >= 0.6 is 11.8 Å². The van der Waals surface area contributed by atoms with Crippen LogP contribution < -0.4 is 10.6 Å². The summed E-state index contributed by atoms with van der Waals surface area (Å²) in [6, 6.07) is 14.4. The van der Waals surface area contributed by atoms with E-state index in [1.807, 2.05) is 42.7 Å². The average Bonchev–Trinajstić information content (AvgIpc) is 3.60. The van der Waals surface area contributed by atoms with Gasteiger partial charge in [0, 0.05) is 5.92 Å². The molecule has 0 spiro atoms. The van der Waals surface area contributed by atoms with Gasteiger partial charge >= 0.3 is 12.1 Å². The SMILES string of the molecule is CSCC[C@@H](NC(=O)[C@H](CC1CC1)NC(=O)OCC1c2ccccc2-c2ccccc21)C(=O)O. The fraction of sp³-hybridized carbons (Fsp3) is 0.423. The number of benzene rings is 2. The van der Waals surface area contributed by atoms with Crippen LogP contribution in [0.5, 0.6) is 0 Å². The molecule has 0 bridgehead atoms. The van der Waals surface area contributed by atoms with Crippen LogP contribution in [0.25, 0.3) is 11.1 Å². The number of alkyl carbamates (subject to hydrolysis) is 1. The van der Waals surface area contributed by atoms with E-state index in [1.165, 1.54) is 11.8 Å². The maximum absolute atomic E-state index is 12.9. The van der Waals surface area contributed by atoms with Crippen molar-refractivity contribution in [2.75, 3.05) is 18.6 Å². The van der Waals surface area contributed by atoms with Crippen LogP contribution in [0.2, 0.25) is 0 Å². The van der Waals surface area contributed by atoms with Crippen molar-refractivity contribution in [1.82, 2.24) is 10.6 Å². The first-order valence-corrected chi connectivity index (χ1v) is 13.0. The van der Waals surface area contributed by atoms with Gasteiger partial charge in [-0.05, 0) is 53.0 Å². The van der Waals surface area contributed by atoms with E-state index in [0.29, 0.717) is 24.5 Å². The molecule has 0 aliphatic heterocycles. The van der Waals surface area contributed by atoms with Crippen molar-refractivity contribution in [2.45, 2.75) is 43.7 Å². The number of rotatable bonds is 11. The number of hydrogen-bond donors (Lipinski definition) is 3. The van der Waals surface area contributed by atoms with Crippen molar-refractivity contribution >= 4 is 29.7 Å². The van der Waals surface area contributed by atoms with Gasteiger partial charge in [-0.3, -0.25) is 4.79 Å². The van der Waals surface area contributed by atoms with Crippen LogP contribution in [0.15, 0.2) is 48.5 Å². The van der Waals surface area contributed by atoms with Gasteiger partial charge in [0.05, 0.1) is 0 Å². The molecule has 2 aliphatic carbocycles. The molecular weight excluding hydrogens is 452 g/mol. The Kier molecular flexibility index (Phi) is 7.77. The maximum Gasteiger partial charge on any atom is 0.407 e. The van der Waals surface area contributed by atoms with E-state index < -0.39 is 30.1 Å². The van der Waals surface area contributed by atoms with E-state index in [9.17, 15) is 19.5 Å². The minimum absolute atomic E-state index is 0.0724. The predicted octanol–water partition coefficient (Wildman–Crippen LogP) is 4.02. The molecule has 0 aromatic heterocycles. The third kappa shape index (κ3) is 5.73. The number of carbonyl (C=O) groups is 3. The van der Waals surface area contributed by atoms with Crippen LogP contribution in [0.3, 0.4) is 0 Å². The molecule has 2 aromatic rings. The van der Waals surface area contributed by atoms with Gasteiger partial charge in [0.15, 0.2) is 0 Å². The third-order valence-corrected chi connectivity index (χ3v) is 7.09. The highest BCUT2D eigenvalue weighted by molar-refractivity contribution is 7.98. The van der Waals surface area contributed by atoms with E-state index in [0.717, 1.165) is 35.1 Å². The molecule has 180 valence electrons. The Labute approximate surface area is 203 Å². The first-order valence-electron chi connectivity index (χ1n) is 11.6. The molecule has 2 atom stereocenters. The van der Waals surface area contributed by atoms with Gasteiger partial charge in [-0.2, -0.15) is 11.8 Å². The molecule has 2 amide bonds. The Balaban J connectivity index is 1.39. The van der Waals surface area contributed by atoms with E-state index in [1.54, 1.807) is 0 Å². The number of ether oxygens (including phenoxy) is 1. The van der Waals surface area contributed by atoms with Crippen LogP contribution in [0.1, 0.15) is 42.7 Å². The van der Waals surface area contributed by atoms with Crippen molar-refractivity contribution in [3.8, 4) is 11.1 Å². The van der Waals surface area contributed by atoms with E-state index in [-0.39, 0.29) is 12.5 Å². The number of hydrogen-bond acceptors (Lipinski definition) is 5. The van der Waals surface area contributed by atoms with Crippen LogP contribution in [0, 0.1) is 5.92 Å². The summed E-state index contributed by atoms with van der Waals surface area (Å²) < 4.78 is 5.59. The summed E-state index contributed by atoms with van der Waals surface area (Å²) >= 11 is 1.52. The molecule has 0 unspecified atom stereocenters. The zero-order chi connectivity index (χ0) is 24.1. The highest BCUT2D eigenvalue weighted by atomic mass is 32.2.